The first-order chi connectivity index (χ1) is 10.6. The molecule has 2 N–H and O–H groups in total. The molecule has 1 aromatic rings. The number of carbonyl (C=O) groups excluding carboxylic acids is 1. The van der Waals surface area contributed by atoms with E-state index in [4.69, 9.17) is 17.0 Å². The highest BCUT2D eigenvalue weighted by molar-refractivity contribution is 7.80. The zero-order valence-corrected chi connectivity index (χ0v) is 13.7. The van der Waals surface area contributed by atoms with E-state index in [1.807, 2.05) is 35.2 Å². The highest BCUT2D eigenvalue weighted by Gasteiger charge is 2.20. The van der Waals surface area contributed by atoms with Crippen molar-refractivity contribution in [1.82, 2.24) is 15.5 Å². The van der Waals surface area contributed by atoms with Gasteiger partial charge in [0.15, 0.2) is 5.05 Å². The van der Waals surface area contributed by atoms with Crippen LogP contribution in [-0.2, 0) is 11.2 Å². The summed E-state index contributed by atoms with van der Waals surface area (Å²) < 4.78 is 5.45. The summed E-state index contributed by atoms with van der Waals surface area (Å²) in [5.41, 5.74) is 1.17. The fourth-order valence-electron chi connectivity index (χ4n) is 2.40. The van der Waals surface area contributed by atoms with Crippen molar-refractivity contribution in [1.29, 1.82) is 0 Å². The number of rotatable bonds is 5. The third kappa shape index (κ3) is 5.61. The van der Waals surface area contributed by atoms with E-state index in [1.54, 1.807) is 6.92 Å². The van der Waals surface area contributed by atoms with Crippen LogP contribution in [0.25, 0.3) is 0 Å². The molecular formula is C16H23N3O2S. The summed E-state index contributed by atoms with van der Waals surface area (Å²) in [6.07, 6.45) is 0.723. The van der Waals surface area contributed by atoms with E-state index in [0.717, 1.165) is 32.6 Å². The molecule has 1 aliphatic rings. The predicted octanol–water partition coefficient (Wildman–Crippen LogP) is 1.58. The van der Waals surface area contributed by atoms with Crippen LogP contribution >= 0.6 is 12.2 Å². The maximum Gasteiger partial charge on any atom is 0.317 e. The van der Waals surface area contributed by atoms with Gasteiger partial charge >= 0.3 is 6.03 Å². The second kappa shape index (κ2) is 8.70. The normalized spacial score (nSPS) is 16.0. The van der Waals surface area contributed by atoms with Gasteiger partial charge in [0, 0.05) is 33.1 Å². The molecule has 1 aliphatic heterocycles. The molecule has 1 saturated heterocycles. The van der Waals surface area contributed by atoms with Crippen LogP contribution < -0.4 is 10.6 Å². The van der Waals surface area contributed by atoms with Crippen LogP contribution in [0.1, 0.15) is 12.5 Å². The largest absolute Gasteiger partial charge is 0.485 e. The number of amides is 2. The van der Waals surface area contributed by atoms with Gasteiger partial charge in [-0.05, 0) is 24.2 Å². The summed E-state index contributed by atoms with van der Waals surface area (Å²) >= 11 is 4.96. The van der Waals surface area contributed by atoms with E-state index in [9.17, 15) is 4.79 Å². The third-order valence-corrected chi connectivity index (χ3v) is 3.66. The number of nitrogens with zero attached hydrogens (tertiary/aromatic N) is 1. The Kier molecular flexibility index (Phi) is 6.61. The van der Waals surface area contributed by atoms with Crippen LogP contribution in [0, 0.1) is 0 Å². The Balaban J connectivity index is 1.93. The molecule has 1 unspecified atom stereocenters. The van der Waals surface area contributed by atoms with Crippen molar-refractivity contribution in [3.05, 3.63) is 35.9 Å². The Labute approximate surface area is 137 Å². The van der Waals surface area contributed by atoms with E-state index in [1.165, 1.54) is 5.56 Å². The number of ether oxygens (including phenoxy) is 1. The summed E-state index contributed by atoms with van der Waals surface area (Å²) in [4.78, 5) is 14.2. The summed E-state index contributed by atoms with van der Waals surface area (Å²) in [7, 11) is 0. The Bertz CT molecular complexity index is 489. The van der Waals surface area contributed by atoms with E-state index in [2.05, 4.69) is 10.6 Å². The lowest BCUT2D eigenvalue weighted by Crippen LogP contribution is -2.53. The molecule has 1 atom stereocenters. The van der Waals surface area contributed by atoms with Gasteiger partial charge in [-0.15, -0.1) is 0 Å². The highest BCUT2D eigenvalue weighted by Crippen LogP contribution is 2.05. The number of hydrogen-bond donors (Lipinski definition) is 2. The molecule has 0 spiro atoms. The molecule has 6 heteroatoms. The maximum atomic E-state index is 12.3. The Hall–Kier alpha value is -1.66. The van der Waals surface area contributed by atoms with Crippen molar-refractivity contribution >= 4 is 23.3 Å². The van der Waals surface area contributed by atoms with Gasteiger partial charge in [0.2, 0.25) is 0 Å². The average molecular weight is 321 g/mol. The van der Waals surface area contributed by atoms with E-state index < -0.39 is 0 Å². The molecule has 1 heterocycles. The van der Waals surface area contributed by atoms with E-state index in [-0.39, 0.29) is 12.1 Å². The molecule has 0 aliphatic carbocycles. The molecule has 22 heavy (non-hydrogen) atoms. The first-order valence-corrected chi connectivity index (χ1v) is 7.99. The topological polar surface area (TPSA) is 53.6 Å². The average Bonchev–Trinajstić information content (AvgIpc) is 2.54. The number of thiocarbonyl (C=S) groups is 1. The van der Waals surface area contributed by atoms with E-state index >= 15 is 0 Å². The zero-order chi connectivity index (χ0) is 15.8. The van der Waals surface area contributed by atoms with Gasteiger partial charge in [-0.3, -0.25) is 0 Å². The number of carbonyl (C=O) groups is 1. The van der Waals surface area contributed by atoms with Crippen molar-refractivity contribution in [3.63, 3.8) is 0 Å². The molecule has 2 rings (SSSR count). The van der Waals surface area contributed by atoms with Crippen molar-refractivity contribution < 1.29 is 9.53 Å². The van der Waals surface area contributed by atoms with E-state index in [0.29, 0.717) is 11.7 Å². The number of benzene rings is 1. The lowest BCUT2D eigenvalue weighted by atomic mass is 10.1. The third-order valence-electron chi connectivity index (χ3n) is 3.54. The van der Waals surface area contributed by atoms with Gasteiger partial charge < -0.3 is 20.3 Å². The Morgan fingerprint density at radius 3 is 2.68 bits per heavy atom. The van der Waals surface area contributed by atoms with Crippen molar-refractivity contribution in [2.75, 3.05) is 32.8 Å². The summed E-state index contributed by atoms with van der Waals surface area (Å²) in [6, 6.07) is 9.94. The lowest BCUT2D eigenvalue weighted by Gasteiger charge is -2.29. The molecular weight excluding hydrogens is 298 g/mol. The van der Waals surface area contributed by atoms with Gasteiger partial charge in [-0.2, -0.15) is 0 Å². The minimum absolute atomic E-state index is 0.0342. The molecule has 120 valence electrons. The van der Waals surface area contributed by atoms with Gasteiger partial charge in [-0.1, -0.05) is 30.3 Å². The lowest BCUT2D eigenvalue weighted by molar-refractivity contribution is 0.177. The maximum absolute atomic E-state index is 12.3. The molecule has 2 amide bonds. The quantitative estimate of drug-likeness (QED) is 0.809. The van der Waals surface area contributed by atoms with Crippen LogP contribution in [0.15, 0.2) is 30.3 Å². The van der Waals surface area contributed by atoms with Gasteiger partial charge in [0.05, 0.1) is 6.04 Å². The number of piperazine rings is 1. The first kappa shape index (κ1) is 16.7. The van der Waals surface area contributed by atoms with Crippen LogP contribution in [-0.4, -0.2) is 54.8 Å². The van der Waals surface area contributed by atoms with Crippen LogP contribution in [0.5, 0.6) is 0 Å². The first-order valence-electron chi connectivity index (χ1n) is 7.58. The summed E-state index contributed by atoms with van der Waals surface area (Å²) in [6.45, 7) is 5.28. The van der Waals surface area contributed by atoms with Gasteiger partial charge in [0.25, 0.3) is 0 Å². The van der Waals surface area contributed by atoms with Crippen molar-refractivity contribution in [3.8, 4) is 0 Å². The van der Waals surface area contributed by atoms with Crippen LogP contribution in [0.4, 0.5) is 4.79 Å². The second-order valence-corrected chi connectivity index (χ2v) is 5.95. The summed E-state index contributed by atoms with van der Waals surface area (Å²) in [5, 5.41) is 6.80. The molecule has 0 bridgehead atoms. The van der Waals surface area contributed by atoms with Crippen molar-refractivity contribution in [2.24, 2.45) is 0 Å². The monoisotopic (exact) mass is 321 g/mol. The Morgan fingerprint density at radius 2 is 2.05 bits per heavy atom. The van der Waals surface area contributed by atoms with Crippen LogP contribution in [0.3, 0.4) is 0 Å². The number of urea groups is 1. The SMILES string of the molecule is CC(=S)OCC(Cc1ccccc1)NC(=O)N1CCNCC1. The molecule has 5 nitrogen and oxygen atoms in total. The summed E-state index contributed by atoms with van der Waals surface area (Å²) in [5.74, 6) is 0. The van der Waals surface area contributed by atoms with Gasteiger partial charge in [-0.25, -0.2) is 4.79 Å². The minimum Gasteiger partial charge on any atom is -0.485 e. The fourth-order valence-corrected chi connectivity index (χ4v) is 2.47. The Morgan fingerprint density at radius 1 is 1.36 bits per heavy atom. The molecule has 0 radical (unpaired) electrons. The highest BCUT2D eigenvalue weighted by atomic mass is 32.1. The molecule has 0 aromatic heterocycles. The molecule has 0 saturated carbocycles. The molecule has 1 aromatic carbocycles. The number of hydrogen-bond acceptors (Lipinski definition) is 4. The smallest absolute Gasteiger partial charge is 0.317 e. The number of nitrogens with one attached hydrogen (secondary N) is 2. The zero-order valence-electron chi connectivity index (χ0n) is 12.9. The second-order valence-electron chi connectivity index (χ2n) is 5.38. The fraction of sp³-hybridized carbons (Fsp3) is 0.500. The predicted molar refractivity (Wildman–Crippen MR) is 91.1 cm³/mol. The standard InChI is InChI=1S/C16H23N3O2S/c1-13(22)21-12-15(11-14-5-3-2-4-6-14)18-16(20)19-9-7-17-8-10-19/h2-6,15,17H,7-12H2,1H3,(H,18,20). The molecule has 1 fully saturated rings. The minimum atomic E-state index is -0.0947. The van der Waals surface area contributed by atoms with Crippen LogP contribution in [0.2, 0.25) is 0 Å². The van der Waals surface area contributed by atoms with Gasteiger partial charge in [0.1, 0.15) is 6.61 Å². The van der Waals surface area contributed by atoms with Crippen molar-refractivity contribution in [2.45, 2.75) is 19.4 Å².